The Hall–Kier alpha value is -2.42. The van der Waals surface area contributed by atoms with E-state index < -0.39 is 15.9 Å². The van der Waals surface area contributed by atoms with Gasteiger partial charge in [0.15, 0.2) is 0 Å². The van der Waals surface area contributed by atoms with Crippen LogP contribution in [0, 0.1) is 0 Å². The molecule has 2 aliphatic heterocycles. The van der Waals surface area contributed by atoms with Gasteiger partial charge in [-0.25, -0.2) is 8.42 Å². The molecule has 2 aliphatic rings. The number of amides is 2. The molecule has 0 aliphatic carbocycles. The molecular formula is C24H28ClN3O4S. The van der Waals surface area contributed by atoms with E-state index in [1.165, 1.54) is 22.5 Å². The molecule has 2 amide bonds. The summed E-state index contributed by atoms with van der Waals surface area (Å²) in [5.74, 6) is -0.621. The van der Waals surface area contributed by atoms with Gasteiger partial charge in [0.25, 0.3) is 11.8 Å². The maximum atomic E-state index is 13.2. The summed E-state index contributed by atoms with van der Waals surface area (Å²) in [7, 11) is -3.82. The Labute approximate surface area is 199 Å². The Morgan fingerprint density at radius 2 is 1.48 bits per heavy atom. The number of para-hydroxylation sites is 1. The smallest absolute Gasteiger partial charge is 0.255 e. The topological polar surface area (TPSA) is 86.8 Å². The highest BCUT2D eigenvalue weighted by atomic mass is 35.5. The van der Waals surface area contributed by atoms with Gasteiger partial charge in [-0.15, -0.1) is 0 Å². The molecule has 0 aromatic heterocycles. The third kappa shape index (κ3) is 5.23. The zero-order valence-electron chi connectivity index (χ0n) is 18.4. The summed E-state index contributed by atoms with van der Waals surface area (Å²) < 4.78 is 27.9. The van der Waals surface area contributed by atoms with Gasteiger partial charge in [-0.1, -0.05) is 36.6 Å². The molecule has 9 heteroatoms. The number of sulfonamides is 1. The molecule has 2 aromatic carbocycles. The van der Waals surface area contributed by atoms with Crippen LogP contribution in [0.5, 0.6) is 0 Å². The van der Waals surface area contributed by atoms with Crippen molar-refractivity contribution in [2.24, 2.45) is 0 Å². The maximum absolute atomic E-state index is 13.2. The van der Waals surface area contributed by atoms with Crippen molar-refractivity contribution in [1.82, 2.24) is 9.21 Å². The number of hydrogen-bond acceptors (Lipinski definition) is 4. The molecule has 0 saturated carbocycles. The Morgan fingerprint density at radius 3 is 2.18 bits per heavy atom. The Kier molecular flexibility index (Phi) is 7.36. The van der Waals surface area contributed by atoms with E-state index >= 15 is 0 Å². The van der Waals surface area contributed by atoms with Gasteiger partial charge in [-0.2, -0.15) is 4.31 Å². The van der Waals surface area contributed by atoms with Crippen LogP contribution >= 0.6 is 11.6 Å². The summed E-state index contributed by atoms with van der Waals surface area (Å²) in [6.45, 7) is 2.30. The number of carbonyl (C=O) groups excluding carboxylic acids is 2. The van der Waals surface area contributed by atoms with Gasteiger partial charge in [0, 0.05) is 31.7 Å². The number of nitrogens with zero attached hydrogens (tertiary/aromatic N) is 2. The molecule has 0 bridgehead atoms. The van der Waals surface area contributed by atoms with Crippen molar-refractivity contribution in [1.29, 1.82) is 0 Å². The minimum absolute atomic E-state index is 0.0693. The minimum atomic E-state index is -3.82. The highest BCUT2D eigenvalue weighted by Crippen LogP contribution is 2.28. The molecule has 0 radical (unpaired) electrons. The van der Waals surface area contributed by atoms with Crippen molar-refractivity contribution in [3.63, 3.8) is 0 Å². The largest absolute Gasteiger partial charge is 0.339 e. The predicted molar refractivity (Wildman–Crippen MR) is 128 cm³/mol. The van der Waals surface area contributed by atoms with E-state index in [1.54, 1.807) is 29.2 Å². The fraction of sp³-hybridized carbons (Fsp3) is 0.417. The van der Waals surface area contributed by atoms with Crippen LogP contribution in [0.15, 0.2) is 47.4 Å². The first-order valence-electron chi connectivity index (χ1n) is 11.4. The lowest BCUT2D eigenvalue weighted by atomic mass is 10.1. The summed E-state index contributed by atoms with van der Waals surface area (Å²) >= 11 is 6.26. The summed E-state index contributed by atoms with van der Waals surface area (Å²) in [5.41, 5.74) is 0.974. The first-order chi connectivity index (χ1) is 15.9. The molecule has 0 unspecified atom stereocenters. The van der Waals surface area contributed by atoms with Crippen molar-refractivity contribution in [2.45, 2.75) is 43.4 Å². The van der Waals surface area contributed by atoms with E-state index in [0.29, 0.717) is 37.4 Å². The van der Waals surface area contributed by atoms with Gasteiger partial charge in [0.05, 0.1) is 16.3 Å². The van der Waals surface area contributed by atoms with Crippen molar-refractivity contribution in [3.8, 4) is 0 Å². The Bertz CT molecular complexity index is 1140. The standard InChI is InChI=1S/C24H28ClN3O4S/c25-20-12-11-18(17-22(20)33(31,32)28-15-5-1-2-6-16-28)23(29)26-21-10-4-3-9-19(21)24(30)27-13-7-8-14-27/h3-4,9-12,17H,1-2,5-8,13-16H2,(H,26,29). The third-order valence-electron chi connectivity index (χ3n) is 6.18. The number of benzene rings is 2. The molecule has 2 aromatic rings. The van der Waals surface area contributed by atoms with Crippen LogP contribution in [0.1, 0.15) is 59.2 Å². The number of nitrogens with one attached hydrogen (secondary N) is 1. The average molecular weight is 490 g/mol. The van der Waals surface area contributed by atoms with Gasteiger partial charge in [-0.3, -0.25) is 9.59 Å². The van der Waals surface area contributed by atoms with Crippen LogP contribution in [0.4, 0.5) is 5.69 Å². The van der Waals surface area contributed by atoms with Crippen LogP contribution in [0.25, 0.3) is 0 Å². The highest BCUT2D eigenvalue weighted by Gasteiger charge is 2.28. The van der Waals surface area contributed by atoms with Crippen LogP contribution in [0.3, 0.4) is 0 Å². The second-order valence-electron chi connectivity index (χ2n) is 8.46. The molecule has 2 heterocycles. The fourth-order valence-electron chi connectivity index (χ4n) is 4.33. The summed E-state index contributed by atoms with van der Waals surface area (Å²) in [4.78, 5) is 27.6. The second-order valence-corrected chi connectivity index (χ2v) is 10.8. The minimum Gasteiger partial charge on any atom is -0.339 e. The van der Waals surface area contributed by atoms with Gasteiger partial charge in [0.1, 0.15) is 4.90 Å². The molecule has 176 valence electrons. The van der Waals surface area contributed by atoms with E-state index in [0.717, 1.165) is 38.5 Å². The monoisotopic (exact) mass is 489 g/mol. The molecule has 33 heavy (non-hydrogen) atoms. The zero-order chi connectivity index (χ0) is 23.4. The Balaban J connectivity index is 1.58. The van der Waals surface area contributed by atoms with Gasteiger partial charge >= 0.3 is 0 Å². The number of carbonyl (C=O) groups is 2. The first-order valence-corrected chi connectivity index (χ1v) is 13.2. The normalized spacial score (nSPS) is 17.5. The summed E-state index contributed by atoms with van der Waals surface area (Å²) in [6, 6.07) is 11.1. The van der Waals surface area contributed by atoms with E-state index in [4.69, 9.17) is 11.6 Å². The number of anilines is 1. The Morgan fingerprint density at radius 1 is 0.848 bits per heavy atom. The second kappa shape index (κ2) is 10.2. The van der Waals surface area contributed by atoms with Crippen molar-refractivity contribution >= 4 is 39.1 Å². The van der Waals surface area contributed by atoms with Crippen molar-refractivity contribution < 1.29 is 18.0 Å². The van der Waals surface area contributed by atoms with Gasteiger partial charge < -0.3 is 10.2 Å². The fourth-order valence-corrected chi connectivity index (χ4v) is 6.34. The van der Waals surface area contributed by atoms with Crippen molar-refractivity contribution in [2.75, 3.05) is 31.5 Å². The third-order valence-corrected chi connectivity index (χ3v) is 8.56. The van der Waals surface area contributed by atoms with Crippen molar-refractivity contribution in [3.05, 3.63) is 58.6 Å². The van der Waals surface area contributed by atoms with Crippen LogP contribution in [0.2, 0.25) is 5.02 Å². The predicted octanol–water partition coefficient (Wildman–Crippen LogP) is 4.39. The lowest BCUT2D eigenvalue weighted by molar-refractivity contribution is 0.0794. The summed E-state index contributed by atoms with van der Waals surface area (Å²) in [5, 5.41) is 2.86. The lowest BCUT2D eigenvalue weighted by Gasteiger charge is -2.21. The molecule has 0 atom stereocenters. The molecule has 2 saturated heterocycles. The number of halogens is 1. The van der Waals surface area contributed by atoms with E-state index in [1.807, 2.05) is 0 Å². The maximum Gasteiger partial charge on any atom is 0.255 e. The lowest BCUT2D eigenvalue weighted by Crippen LogP contribution is -2.32. The molecule has 1 N–H and O–H groups in total. The quantitative estimate of drug-likeness (QED) is 0.674. The first kappa shape index (κ1) is 23.7. The number of likely N-dealkylation sites (tertiary alicyclic amines) is 1. The number of rotatable bonds is 5. The molecule has 7 nitrogen and oxygen atoms in total. The van der Waals surface area contributed by atoms with Gasteiger partial charge in [-0.05, 0) is 56.0 Å². The van der Waals surface area contributed by atoms with Crippen LogP contribution in [-0.2, 0) is 10.0 Å². The highest BCUT2D eigenvalue weighted by molar-refractivity contribution is 7.89. The molecule has 4 rings (SSSR count). The van der Waals surface area contributed by atoms with E-state index in [2.05, 4.69) is 5.32 Å². The SMILES string of the molecule is O=C(Nc1ccccc1C(=O)N1CCCC1)c1ccc(Cl)c(S(=O)(=O)N2CCCCCC2)c1. The van der Waals surface area contributed by atoms with Crippen LogP contribution in [-0.4, -0.2) is 55.6 Å². The molecular weight excluding hydrogens is 462 g/mol. The van der Waals surface area contributed by atoms with E-state index in [9.17, 15) is 18.0 Å². The average Bonchev–Trinajstić information content (AvgIpc) is 3.20. The van der Waals surface area contributed by atoms with E-state index in [-0.39, 0.29) is 21.4 Å². The number of hydrogen-bond donors (Lipinski definition) is 1. The molecule has 2 fully saturated rings. The zero-order valence-corrected chi connectivity index (χ0v) is 20.0. The molecule has 0 spiro atoms. The van der Waals surface area contributed by atoms with Gasteiger partial charge in [0.2, 0.25) is 10.0 Å². The van der Waals surface area contributed by atoms with Crippen LogP contribution < -0.4 is 5.32 Å². The summed E-state index contributed by atoms with van der Waals surface area (Å²) in [6.07, 6.45) is 5.55.